The van der Waals surface area contributed by atoms with Gasteiger partial charge in [-0.15, -0.1) is 0 Å². The number of carbonyl (C=O) groups excluding carboxylic acids is 1. The van der Waals surface area contributed by atoms with E-state index in [1.807, 2.05) is 38.1 Å². The highest BCUT2D eigenvalue weighted by molar-refractivity contribution is 5.90. The number of hydrogen-bond donors (Lipinski definition) is 1. The van der Waals surface area contributed by atoms with Crippen molar-refractivity contribution in [3.63, 3.8) is 0 Å². The molecule has 0 unspecified atom stereocenters. The number of ether oxygens (including phenoxy) is 1. The summed E-state index contributed by atoms with van der Waals surface area (Å²) in [7, 11) is 0. The monoisotopic (exact) mass is 289 g/mol. The van der Waals surface area contributed by atoms with Crippen LogP contribution in [0.1, 0.15) is 52.9 Å². The Balaban J connectivity index is 2.43. The Labute approximate surface area is 128 Å². The molecule has 116 valence electrons. The van der Waals surface area contributed by atoms with Crippen molar-refractivity contribution < 1.29 is 9.53 Å². The van der Waals surface area contributed by atoms with Gasteiger partial charge in [-0.05, 0) is 50.6 Å². The second-order valence-corrected chi connectivity index (χ2v) is 5.79. The van der Waals surface area contributed by atoms with Gasteiger partial charge in [-0.1, -0.05) is 32.8 Å². The van der Waals surface area contributed by atoms with E-state index < -0.39 is 5.60 Å². The van der Waals surface area contributed by atoms with Crippen LogP contribution in [0.25, 0.3) is 0 Å². The summed E-state index contributed by atoms with van der Waals surface area (Å²) >= 11 is 0. The molecule has 0 heterocycles. The molecule has 1 amide bonds. The van der Waals surface area contributed by atoms with Crippen molar-refractivity contribution in [1.29, 1.82) is 0 Å². The minimum atomic E-state index is -0.399. The van der Waals surface area contributed by atoms with E-state index in [1.54, 1.807) is 6.08 Å². The lowest BCUT2D eigenvalue weighted by atomic mass is 10.1. The summed E-state index contributed by atoms with van der Waals surface area (Å²) in [5.74, 6) is 0.840. The summed E-state index contributed by atoms with van der Waals surface area (Å²) in [4.78, 5) is 11.8. The maximum Gasteiger partial charge on any atom is 0.224 e. The Bertz CT molecular complexity index is 449. The molecule has 3 nitrogen and oxygen atoms in total. The fraction of sp³-hybridized carbons (Fsp3) is 0.500. The number of unbranched alkanes of at least 4 members (excludes halogenated alkanes) is 3. The van der Waals surface area contributed by atoms with Crippen molar-refractivity contribution >= 4 is 11.6 Å². The van der Waals surface area contributed by atoms with Crippen LogP contribution in [0.2, 0.25) is 0 Å². The molecule has 1 N–H and O–H groups in total. The van der Waals surface area contributed by atoms with E-state index in [2.05, 4.69) is 18.8 Å². The Kier molecular flexibility index (Phi) is 7.00. The number of anilines is 1. The average Bonchev–Trinajstić information content (AvgIpc) is 2.45. The third-order valence-corrected chi connectivity index (χ3v) is 3.27. The zero-order chi connectivity index (χ0) is 15.7. The summed E-state index contributed by atoms with van der Waals surface area (Å²) in [5, 5.41) is 2.91. The molecule has 0 aliphatic rings. The van der Waals surface area contributed by atoms with Gasteiger partial charge >= 0.3 is 0 Å². The highest BCUT2D eigenvalue weighted by Crippen LogP contribution is 2.21. The van der Waals surface area contributed by atoms with Crippen LogP contribution in [-0.2, 0) is 4.79 Å². The van der Waals surface area contributed by atoms with Crippen molar-refractivity contribution in [1.82, 2.24) is 0 Å². The quantitative estimate of drug-likeness (QED) is 0.516. The van der Waals surface area contributed by atoms with Gasteiger partial charge in [-0.2, -0.15) is 0 Å². The molecule has 1 rings (SSSR count). The molecule has 0 aliphatic carbocycles. The maximum atomic E-state index is 11.8. The zero-order valence-corrected chi connectivity index (χ0v) is 13.4. The number of nitrogens with one attached hydrogen (secondary N) is 1. The Morgan fingerprint density at radius 2 is 1.90 bits per heavy atom. The van der Waals surface area contributed by atoms with Gasteiger partial charge in [0.2, 0.25) is 5.91 Å². The predicted octanol–water partition coefficient (Wildman–Crippen LogP) is 4.94. The summed E-state index contributed by atoms with van der Waals surface area (Å²) in [6.45, 7) is 9.81. The highest BCUT2D eigenvalue weighted by Gasteiger charge is 2.14. The SMILES string of the molecule is C=CC(C)(C)Oc1ccc(NC(=O)CCCCCC)cc1. The second kappa shape index (κ2) is 8.50. The fourth-order valence-corrected chi connectivity index (χ4v) is 1.89. The van der Waals surface area contributed by atoms with E-state index in [1.165, 1.54) is 12.8 Å². The summed E-state index contributed by atoms with van der Waals surface area (Å²) in [6, 6.07) is 7.44. The number of amides is 1. The Morgan fingerprint density at radius 3 is 2.48 bits per heavy atom. The van der Waals surface area contributed by atoms with Crippen LogP contribution in [-0.4, -0.2) is 11.5 Å². The van der Waals surface area contributed by atoms with Gasteiger partial charge in [0.05, 0.1) is 0 Å². The first kappa shape index (κ1) is 17.3. The van der Waals surface area contributed by atoms with Crippen LogP contribution in [0, 0.1) is 0 Å². The first-order chi connectivity index (χ1) is 9.96. The normalized spacial score (nSPS) is 11.0. The molecule has 0 bridgehead atoms. The first-order valence-corrected chi connectivity index (χ1v) is 7.69. The Morgan fingerprint density at radius 1 is 1.24 bits per heavy atom. The van der Waals surface area contributed by atoms with E-state index >= 15 is 0 Å². The molecular formula is C18H27NO2. The molecule has 0 saturated carbocycles. The third kappa shape index (κ3) is 6.98. The van der Waals surface area contributed by atoms with Gasteiger partial charge in [0.25, 0.3) is 0 Å². The molecule has 0 radical (unpaired) electrons. The molecule has 0 spiro atoms. The van der Waals surface area contributed by atoms with Crippen LogP contribution in [0.5, 0.6) is 5.75 Å². The van der Waals surface area contributed by atoms with Crippen LogP contribution in [0.4, 0.5) is 5.69 Å². The van der Waals surface area contributed by atoms with Gasteiger partial charge in [0.15, 0.2) is 0 Å². The standard InChI is InChI=1S/C18H27NO2/c1-5-7-8-9-10-17(20)19-15-11-13-16(14-12-15)21-18(3,4)6-2/h6,11-14H,2,5,7-10H2,1,3-4H3,(H,19,20). The van der Waals surface area contributed by atoms with E-state index in [0.29, 0.717) is 6.42 Å². The average molecular weight is 289 g/mol. The predicted molar refractivity (Wildman–Crippen MR) is 88.7 cm³/mol. The van der Waals surface area contributed by atoms with Gasteiger partial charge in [-0.25, -0.2) is 0 Å². The lowest BCUT2D eigenvalue weighted by Crippen LogP contribution is -2.24. The lowest BCUT2D eigenvalue weighted by Gasteiger charge is -2.22. The van der Waals surface area contributed by atoms with Gasteiger partial charge in [-0.3, -0.25) is 4.79 Å². The topological polar surface area (TPSA) is 38.3 Å². The molecule has 1 aromatic rings. The number of hydrogen-bond acceptors (Lipinski definition) is 2. The van der Waals surface area contributed by atoms with Crippen LogP contribution < -0.4 is 10.1 Å². The number of carbonyl (C=O) groups is 1. The smallest absolute Gasteiger partial charge is 0.224 e. The number of benzene rings is 1. The molecule has 0 aliphatic heterocycles. The number of rotatable bonds is 9. The molecule has 0 atom stereocenters. The third-order valence-electron chi connectivity index (χ3n) is 3.27. The van der Waals surface area contributed by atoms with E-state index in [4.69, 9.17) is 4.74 Å². The Hall–Kier alpha value is -1.77. The van der Waals surface area contributed by atoms with Crippen molar-refractivity contribution in [2.75, 3.05) is 5.32 Å². The van der Waals surface area contributed by atoms with Gasteiger partial charge in [0.1, 0.15) is 11.4 Å². The van der Waals surface area contributed by atoms with Crippen molar-refractivity contribution in [2.45, 2.75) is 58.5 Å². The minimum Gasteiger partial charge on any atom is -0.484 e. The molecule has 0 saturated heterocycles. The van der Waals surface area contributed by atoms with Crippen LogP contribution in [0.3, 0.4) is 0 Å². The largest absolute Gasteiger partial charge is 0.484 e. The zero-order valence-electron chi connectivity index (χ0n) is 13.4. The summed E-state index contributed by atoms with van der Waals surface area (Å²) < 4.78 is 5.77. The molecule has 21 heavy (non-hydrogen) atoms. The molecule has 1 aromatic carbocycles. The van der Waals surface area contributed by atoms with Crippen LogP contribution >= 0.6 is 0 Å². The fourth-order valence-electron chi connectivity index (χ4n) is 1.89. The molecule has 0 fully saturated rings. The van der Waals surface area contributed by atoms with E-state index in [-0.39, 0.29) is 5.91 Å². The van der Waals surface area contributed by atoms with Crippen molar-refractivity contribution in [2.24, 2.45) is 0 Å². The molecule has 3 heteroatoms. The van der Waals surface area contributed by atoms with E-state index in [0.717, 1.165) is 24.3 Å². The molecular weight excluding hydrogens is 262 g/mol. The van der Waals surface area contributed by atoms with Gasteiger partial charge < -0.3 is 10.1 Å². The van der Waals surface area contributed by atoms with Crippen molar-refractivity contribution in [3.8, 4) is 5.75 Å². The van der Waals surface area contributed by atoms with Crippen molar-refractivity contribution in [3.05, 3.63) is 36.9 Å². The van der Waals surface area contributed by atoms with Crippen LogP contribution in [0.15, 0.2) is 36.9 Å². The van der Waals surface area contributed by atoms with Gasteiger partial charge in [0, 0.05) is 12.1 Å². The summed E-state index contributed by atoms with van der Waals surface area (Å²) in [5.41, 5.74) is 0.406. The second-order valence-electron chi connectivity index (χ2n) is 5.79. The highest BCUT2D eigenvalue weighted by atomic mass is 16.5. The minimum absolute atomic E-state index is 0.0752. The summed E-state index contributed by atoms with van der Waals surface area (Å²) in [6.07, 6.45) is 6.80. The first-order valence-electron chi connectivity index (χ1n) is 7.69. The lowest BCUT2D eigenvalue weighted by molar-refractivity contribution is -0.116. The molecule has 0 aromatic heterocycles. The van der Waals surface area contributed by atoms with E-state index in [9.17, 15) is 4.79 Å². The maximum absolute atomic E-state index is 11.8.